The third kappa shape index (κ3) is 2.18. The molecule has 1 N–H and O–H groups in total. The van der Waals surface area contributed by atoms with E-state index in [1.54, 1.807) is 6.26 Å². The lowest BCUT2D eigenvalue weighted by molar-refractivity contribution is 0.403. The molecule has 1 heterocycles. The fourth-order valence-corrected chi connectivity index (χ4v) is 2.02. The van der Waals surface area contributed by atoms with Crippen LogP contribution >= 0.6 is 0 Å². The van der Waals surface area contributed by atoms with Crippen molar-refractivity contribution in [1.82, 2.24) is 5.32 Å². The third-order valence-corrected chi connectivity index (χ3v) is 3.14. The predicted octanol–water partition coefficient (Wildman–Crippen LogP) is 3.12. The molecule has 1 fully saturated rings. The average Bonchev–Trinajstić information content (AvgIpc) is 2.88. The maximum atomic E-state index is 5.09. The van der Waals surface area contributed by atoms with Crippen LogP contribution in [0.1, 0.15) is 44.7 Å². The zero-order valence-corrected chi connectivity index (χ0v) is 8.99. The van der Waals surface area contributed by atoms with Crippen LogP contribution in [0.3, 0.4) is 0 Å². The Morgan fingerprint density at radius 1 is 1.57 bits per heavy atom. The van der Waals surface area contributed by atoms with Crippen molar-refractivity contribution < 1.29 is 4.42 Å². The lowest BCUT2D eigenvalue weighted by Crippen LogP contribution is -2.32. The molecule has 2 rings (SSSR count). The van der Waals surface area contributed by atoms with Gasteiger partial charge in [-0.15, -0.1) is 0 Å². The summed E-state index contributed by atoms with van der Waals surface area (Å²) in [6, 6.07) is 3.15. The highest BCUT2D eigenvalue weighted by Gasteiger charge is 2.30. The van der Waals surface area contributed by atoms with Crippen LogP contribution in [0.25, 0.3) is 0 Å². The summed E-state index contributed by atoms with van der Waals surface area (Å²) in [4.78, 5) is 0. The molecule has 0 bridgehead atoms. The molecule has 78 valence electrons. The van der Waals surface area contributed by atoms with Crippen LogP contribution < -0.4 is 5.32 Å². The lowest BCUT2D eigenvalue weighted by Gasteiger charge is -2.21. The third-order valence-electron chi connectivity index (χ3n) is 3.14. The van der Waals surface area contributed by atoms with Gasteiger partial charge in [-0.1, -0.05) is 6.92 Å². The number of furan rings is 1. The molecule has 0 amide bonds. The highest BCUT2D eigenvalue weighted by molar-refractivity contribution is 5.10. The van der Waals surface area contributed by atoms with E-state index in [9.17, 15) is 0 Å². The molecule has 1 aliphatic rings. The van der Waals surface area contributed by atoms with Gasteiger partial charge in [-0.3, -0.25) is 0 Å². The number of nitrogens with one attached hydrogen (secondary N) is 1. The first-order valence-electron chi connectivity index (χ1n) is 5.59. The maximum Gasteiger partial charge on any atom is 0.0950 e. The van der Waals surface area contributed by atoms with Crippen LogP contribution in [0.4, 0.5) is 0 Å². The van der Waals surface area contributed by atoms with E-state index in [4.69, 9.17) is 4.42 Å². The highest BCUT2D eigenvalue weighted by Crippen LogP contribution is 2.35. The van der Waals surface area contributed by atoms with E-state index in [0.717, 1.165) is 5.92 Å². The van der Waals surface area contributed by atoms with Gasteiger partial charge in [0.05, 0.1) is 12.5 Å². The number of hydrogen-bond donors (Lipinski definition) is 1. The molecule has 0 aromatic carbocycles. The van der Waals surface area contributed by atoms with Gasteiger partial charge in [0, 0.05) is 17.6 Å². The first-order chi connectivity index (χ1) is 6.81. The van der Waals surface area contributed by atoms with E-state index in [1.165, 1.54) is 24.8 Å². The molecule has 2 heteroatoms. The Balaban J connectivity index is 1.89. The summed E-state index contributed by atoms with van der Waals surface area (Å²) in [6.45, 7) is 4.47. The van der Waals surface area contributed by atoms with Crippen molar-refractivity contribution in [2.45, 2.75) is 45.2 Å². The summed E-state index contributed by atoms with van der Waals surface area (Å²) in [7, 11) is 0. The van der Waals surface area contributed by atoms with Gasteiger partial charge < -0.3 is 9.73 Å². The molecule has 2 atom stereocenters. The summed E-state index contributed by atoms with van der Waals surface area (Å²) in [5.74, 6) is 0.925. The Morgan fingerprint density at radius 2 is 2.36 bits per heavy atom. The van der Waals surface area contributed by atoms with Crippen molar-refractivity contribution in [3.05, 3.63) is 24.2 Å². The normalized spacial score (nSPS) is 20.7. The molecule has 1 aliphatic carbocycles. The van der Waals surface area contributed by atoms with Gasteiger partial charge in [-0.05, 0) is 38.2 Å². The predicted molar refractivity (Wildman–Crippen MR) is 57.1 cm³/mol. The topological polar surface area (TPSA) is 25.2 Å². The Morgan fingerprint density at radius 3 is 2.86 bits per heavy atom. The van der Waals surface area contributed by atoms with E-state index >= 15 is 0 Å². The molecule has 14 heavy (non-hydrogen) atoms. The molecule has 2 nitrogen and oxygen atoms in total. The minimum Gasteiger partial charge on any atom is -0.472 e. The minimum absolute atomic E-state index is 0.416. The van der Waals surface area contributed by atoms with E-state index < -0.39 is 0 Å². The number of rotatable bonds is 5. The fraction of sp³-hybridized carbons (Fsp3) is 0.667. The maximum absolute atomic E-state index is 5.09. The van der Waals surface area contributed by atoms with E-state index in [-0.39, 0.29) is 0 Å². The fourth-order valence-electron chi connectivity index (χ4n) is 2.02. The molecular formula is C12H19NO. The van der Waals surface area contributed by atoms with Gasteiger partial charge >= 0.3 is 0 Å². The van der Waals surface area contributed by atoms with Crippen molar-refractivity contribution in [3.63, 3.8) is 0 Å². The Hall–Kier alpha value is -0.760. The second-order valence-corrected chi connectivity index (χ2v) is 4.30. The van der Waals surface area contributed by atoms with Gasteiger partial charge in [0.1, 0.15) is 0 Å². The van der Waals surface area contributed by atoms with Crippen LogP contribution in [-0.2, 0) is 0 Å². The van der Waals surface area contributed by atoms with Crippen molar-refractivity contribution in [1.29, 1.82) is 0 Å². The molecule has 2 unspecified atom stereocenters. The molecule has 0 saturated heterocycles. The largest absolute Gasteiger partial charge is 0.472 e. The molecule has 0 spiro atoms. The number of hydrogen-bond acceptors (Lipinski definition) is 2. The van der Waals surface area contributed by atoms with Gasteiger partial charge in [0.15, 0.2) is 0 Å². The zero-order chi connectivity index (χ0) is 9.97. The highest BCUT2D eigenvalue weighted by atomic mass is 16.3. The summed E-state index contributed by atoms with van der Waals surface area (Å²) < 4.78 is 5.09. The lowest BCUT2D eigenvalue weighted by atomic mass is 10.1. The van der Waals surface area contributed by atoms with Crippen molar-refractivity contribution in [2.24, 2.45) is 5.92 Å². The Labute approximate surface area is 85.7 Å². The van der Waals surface area contributed by atoms with Gasteiger partial charge in [0.25, 0.3) is 0 Å². The van der Waals surface area contributed by atoms with Crippen LogP contribution in [0.5, 0.6) is 0 Å². The SMILES string of the molecule is CCC(NC(C)c1ccoc1)C1CC1. The smallest absolute Gasteiger partial charge is 0.0950 e. The van der Waals surface area contributed by atoms with Crippen molar-refractivity contribution in [2.75, 3.05) is 0 Å². The standard InChI is InChI=1S/C12H19NO/c1-3-12(10-4-5-10)13-9(2)11-6-7-14-8-11/h6-10,12-13H,3-5H2,1-2H3. The summed E-state index contributed by atoms with van der Waals surface area (Å²) in [5, 5.41) is 3.67. The van der Waals surface area contributed by atoms with Crippen LogP contribution in [0.15, 0.2) is 23.0 Å². The molecule has 1 aromatic rings. The van der Waals surface area contributed by atoms with E-state index in [2.05, 4.69) is 19.2 Å². The first kappa shape index (κ1) is 9.78. The molecule has 1 aromatic heterocycles. The summed E-state index contributed by atoms with van der Waals surface area (Å²) in [5.41, 5.74) is 1.25. The average molecular weight is 193 g/mol. The van der Waals surface area contributed by atoms with Crippen LogP contribution in [-0.4, -0.2) is 6.04 Å². The van der Waals surface area contributed by atoms with Crippen molar-refractivity contribution in [3.8, 4) is 0 Å². The zero-order valence-electron chi connectivity index (χ0n) is 8.99. The minimum atomic E-state index is 0.416. The molecule has 0 radical (unpaired) electrons. The van der Waals surface area contributed by atoms with Crippen LogP contribution in [0, 0.1) is 5.92 Å². The van der Waals surface area contributed by atoms with Gasteiger partial charge in [-0.2, -0.15) is 0 Å². The second-order valence-electron chi connectivity index (χ2n) is 4.30. The summed E-state index contributed by atoms with van der Waals surface area (Å²) in [6.07, 6.45) is 7.61. The molecule has 0 aliphatic heterocycles. The Bertz CT molecular complexity index is 264. The van der Waals surface area contributed by atoms with Gasteiger partial charge in [-0.25, -0.2) is 0 Å². The van der Waals surface area contributed by atoms with E-state index in [1.807, 2.05) is 12.3 Å². The quantitative estimate of drug-likeness (QED) is 0.777. The Kier molecular flexibility index (Phi) is 2.92. The summed E-state index contributed by atoms with van der Waals surface area (Å²) >= 11 is 0. The second kappa shape index (κ2) is 4.18. The van der Waals surface area contributed by atoms with Gasteiger partial charge in [0.2, 0.25) is 0 Å². The monoisotopic (exact) mass is 193 g/mol. The van der Waals surface area contributed by atoms with Crippen LogP contribution in [0.2, 0.25) is 0 Å². The molecular weight excluding hydrogens is 174 g/mol. The first-order valence-corrected chi connectivity index (χ1v) is 5.59. The van der Waals surface area contributed by atoms with Crippen molar-refractivity contribution >= 4 is 0 Å². The van der Waals surface area contributed by atoms with E-state index in [0.29, 0.717) is 12.1 Å². The molecule has 1 saturated carbocycles.